The van der Waals surface area contributed by atoms with Gasteiger partial charge < -0.3 is 89.9 Å². The van der Waals surface area contributed by atoms with E-state index in [4.69, 9.17) is 28.4 Å². The van der Waals surface area contributed by atoms with Crippen LogP contribution in [0, 0.1) is 0 Å². The molecule has 19 heteroatoms. The van der Waals surface area contributed by atoms with Gasteiger partial charge in [0.1, 0.15) is 73.2 Å². The summed E-state index contributed by atoms with van der Waals surface area (Å²) < 4.78 is 34.2. The Hall–Kier alpha value is -2.25. The van der Waals surface area contributed by atoms with Gasteiger partial charge in [-0.05, 0) is 51.4 Å². The summed E-state index contributed by atoms with van der Waals surface area (Å²) in [7, 11) is 0. The van der Waals surface area contributed by atoms with Crippen molar-refractivity contribution < 1.29 is 89.4 Å². The van der Waals surface area contributed by atoms with E-state index >= 15 is 0 Å². The molecule has 3 saturated heterocycles. The van der Waals surface area contributed by atoms with Crippen LogP contribution >= 0.6 is 0 Å². The van der Waals surface area contributed by atoms with Gasteiger partial charge in [-0.15, -0.1) is 0 Å². The van der Waals surface area contributed by atoms with Crippen LogP contribution in [0.1, 0.15) is 187 Å². The van der Waals surface area contributed by atoms with Crippen molar-refractivity contribution in [3.8, 4) is 0 Å². The first kappa shape index (κ1) is 70.0. The second-order valence-corrected chi connectivity index (χ2v) is 21.4. The number of hydrogen-bond acceptors (Lipinski definition) is 18. The zero-order chi connectivity index (χ0) is 56.9. The molecule has 1 amide bonds. The van der Waals surface area contributed by atoms with Crippen molar-refractivity contribution in [2.75, 3.05) is 26.4 Å². The molecular weight excluding hydrogens is 1010 g/mol. The normalized spacial score (nSPS) is 30.8. The standard InChI is InChI=1S/C59H105NO18/c1-3-5-7-9-11-13-15-16-17-18-19-20-21-22-23-24-25-26-27-29-31-33-35-37-47(65)60-42(43(64)36-34-32-30-28-14-12-10-8-6-4-2)41-73-57-53(71)50(68)55(45(39-62)75-57)78-59-54(72)51(69)56(46(40-63)76-59)77-58-52(70)49(67)48(66)44(38-61)74-58/h5,7,11,13,16-17,19-20,42-46,48-59,61-64,66-72H,3-4,6,8-10,12,14-15,18,21-41H2,1-2H3,(H,60,65)/b7-5-,13-11-,17-16-,20-19-. The average Bonchev–Trinajstić information content (AvgIpc) is 3.49. The highest BCUT2D eigenvalue weighted by Crippen LogP contribution is 2.33. The SMILES string of the molecule is CC/C=C\C/C=C\C/C=C\C/C=C\CCCCCCCCCCCCC(=O)NC(COC1OC(CO)C(OC2OC(CO)C(OC3OC(CO)C(O)C(O)C3O)C(O)C2O)C(O)C1O)C(O)CCCCCCCCCCCC. The third kappa shape index (κ3) is 26.3. The lowest BCUT2D eigenvalue weighted by molar-refractivity contribution is -0.379. The Bertz CT molecular complexity index is 1620. The van der Waals surface area contributed by atoms with E-state index in [9.17, 15) is 61.0 Å². The Balaban J connectivity index is 1.45. The fourth-order valence-electron chi connectivity index (χ4n) is 10.0. The smallest absolute Gasteiger partial charge is 0.220 e. The number of amides is 1. The third-order valence-electron chi connectivity index (χ3n) is 14.9. The highest BCUT2D eigenvalue weighted by atomic mass is 16.8. The molecule has 3 heterocycles. The fourth-order valence-corrected chi connectivity index (χ4v) is 10.0. The van der Waals surface area contributed by atoms with Crippen LogP contribution in [-0.2, 0) is 33.2 Å². The van der Waals surface area contributed by atoms with Crippen LogP contribution < -0.4 is 5.32 Å². The first-order valence-corrected chi connectivity index (χ1v) is 29.9. The molecule has 3 aliphatic rings. The molecule has 17 unspecified atom stereocenters. The minimum absolute atomic E-state index is 0.252. The summed E-state index contributed by atoms with van der Waals surface area (Å²) in [5.74, 6) is -0.252. The first-order valence-electron chi connectivity index (χ1n) is 29.9. The molecule has 0 radical (unpaired) electrons. The highest BCUT2D eigenvalue weighted by Gasteiger charge is 2.53. The number of nitrogens with one attached hydrogen (secondary N) is 1. The van der Waals surface area contributed by atoms with E-state index in [0.29, 0.717) is 12.8 Å². The van der Waals surface area contributed by atoms with Gasteiger partial charge in [-0.2, -0.15) is 0 Å². The Morgan fingerprint density at radius 1 is 0.474 bits per heavy atom. The Morgan fingerprint density at radius 2 is 0.885 bits per heavy atom. The number of ether oxygens (including phenoxy) is 6. The molecule has 12 N–H and O–H groups in total. The monoisotopic (exact) mass is 1120 g/mol. The molecule has 0 spiro atoms. The van der Waals surface area contributed by atoms with Gasteiger partial charge in [0.25, 0.3) is 0 Å². The van der Waals surface area contributed by atoms with Gasteiger partial charge in [0.15, 0.2) is 18.9 Å². The van der Waals surface area contributed by atoms with Gasteiger partial charge in [0.05, 0.1) is 38.6 Å². The van der Waals surface area contributed by atoms with Gasteiger partial charge in [-0.25, -0.2) is 0 Å². The molecule has 19 nitrogen and oxygen atoms in total. The lowest BCUT2D eigenvalue weighted by Crippen LogP contribution is -2.66. The lowest BCUT2D eigenvalue weighted by Gasteiger charge is -2.48. The summed E-state index contributed by atoms with van der Waals surface area (Å²) in [6.07, 6.45) is 19.2. The second-order valence-electron chi connectivity index (χ2n) is 21.4. The van der Waals surface area contributed by atoms with Crippen LogP contribution in [0.2, 0.25) is 0 Å². The van der Waals surface area contributed by atoms with Crippen LogP contribution in [0.3, 0.4) is 0 Å². The van der Waals surface area contributed by atoms with Crippen molar-refractivity contribution in [3.05, 3.63) is 48.6 Å². The van der Waals surface area contributed by atoms with Gasteiger partial charge in [0.2, 0.25) is 5.91 Å². The lowest BCUT2D eigenvalue weighted by atomic mass is 9.96. The molecule has 0 aromatic heterocycles. The Kier molecular flexibility index (Phi) is 38.2. The zero-order valence-electron chi connectivity index (χ0n) is 47.1. The quantitative estimate of drug-likeness (QED) is 0.0279. The maximum Gasteiger partial charge on any atom is 0.220 e. The summed E-state index contributed by atoms with van der Waals surface area (Å²) in [5, 5.41) is 120. The molecule has 0 aromatic carbocycles. The van der Waals surface area contributed by atoms with Crippen LogP contribution in [0.25, 0.3) is 0 Å². The number of allylic oxidation sites excluding steroid dienone is 8. The largest absolute Gasteiger partial charge is 0.394 e. The number of unbranched alkanes of at least 4 members (excludes halogenated alkanes) is 19. The first-order chi connectivity index (χ1) is 37.8. The van der Waals surface area contributed by atoms with Crippen molar-refractivity contribution >= 4 is 5.91 Å². The molecule has 3 fully saturated rings. The maximum absolute atomic E-state index is 13.3. The van der Waals surface area contributed by atoms with E-state index in [-0.39, 0.29) is 18.9 Å². The van der Waals surface area contributed by atoms with E-state index in [1.54, 1.807) is 0 Å². The molecule has 0 aromatic rings. The van der Waals surface area contributed by atoms with Gasteiger partial charge in [-0.3, -0.25) is 4.79 Å². The molecular formula is C59H105NO18. The third-order valence-corrected chi connectivity index (χ3v) is 14.9. The van der Waals surface area contributed by atoms with Crippen molar-refractivity contribution in [3.63, 3.8) is 0 Å². The molecule has 17 atom stereocenters. The molecule has 3 aliphatic heterocycles. The summed E-state index contributed by atoms with van der Waals surface area (Å²) in [6.45, 7) is 1.63. The van der Waals surface area contributed by atoms with Crippen molar-refractivity contribution in [1.82, 2.24) is 5.32 Å². The van der Waals surface area contributed by atoms with Crippen molar-refractivity contribution in [1.29, 1.82) is 0 Å². The molecule has 0 saturated carbocycles. The predicted molar refractivity (Wildman–Crippen MR) is 295 cm³/mol. The summed E-state index contributed by atoms with van der Waals surface area (Å²) >= 11 is 0. The topological polar surface area (TPSA) is 307 Å². The predicted octanol–water partition coefficient (Wildman–Crippen LogP) is 5.09. The molecule has 454 valence electrons. The van der Waals surface area contributed by atoms with Crippen LogP contribution in [0.15, 0.2) is 48.6 Å². The Morgan fingerprint density at radius 3 is 1.38 bits per heavy atom. The van der Waals surface area contributed by atoms with Crippen molar-refractivity contribution in [2.24, 2.45) is 0 Å². The number of rotatable bonds is 43. The minimum Gasteiger partial charge on any atom is -0.394 e. The number of aliphatic hydroxyl groups is 11. The van der Waals surface area contributed by atoms with Crippen LogP contribution in [-0.4, -0.2) is 193 Å². The van der Waals surface area contributed by atoms with E-state index in [2.05, 4.69) is 67.8 Å². The molecule has 0 aliphatic carbocycles. The van der Waals surface area contributed by atoms with Crippen LogP contribution in [0.4, 0.5) is 0 Å². The average molecular weight is 1120 g/mol. The van der Waals surface area contributed by atoms with E-state index in [1.165, 1.54) is 70.6 Å². The molecule has 78 heavy (non-hydrogen) atoms. The zero-order valence-corrected chi connectivity index (χ0v) is 47.1. The second kappa shape index (κ2) is 42.6. The van der Waals surface area contributed by atoms with E-state index < -0.39 is 124 Å². The Labute approximate surface area is 465 Å². The van der Waals surface area contributed by atoms with Gasteiger partial charge in [-0.1, -0.05) is 178 Å². The summed E-state index contributed by atoms with van der Waals surface area (Å²) in [5.41, 5.74) is 0. The summed E-state index contributed by atoms with van der Waals surface area (Å²) in [6, 6.07) is -0.889. The van der Waals surface area contributed by atoms with Gasteiger partial charge >= 0.3 is 0 Å². The van der Waals surface area contributed by atoms with E-state index in [0.717, 1.165) is 83.5 Å². The number of aliphatic hydroxyl groups excluding tert-OH is 11. The minimum atomic E-state index is -1.97. The van der Waals surface area contributed by atoms with Crippen molar-refractivity contribution in [2.45, 2.75) is 291 Å². The van der Waals surface area contributed by atoms with Crippen LogP contribution in [0.5, 0.6) is 0 Å². The number of carbonyl (C=O) groups excluding carboxylic acids is 1. The molecule has 3 rings (SSSR count). The number of hydrogen-bond donors (Lipinski definition) is 12. The summed E-state index contributed by atoms with van der Waals surface area (Å²) in [4.78, 5) is 13.3. The highest BCUT2D eigenvalue weighted by molar-refractivity contribution is 5.76. The fraction of sp³-hybridized carbons (Fsp3) is 0.847. The van der Waals surface area contributed by atoms with Gasteiger partial charge in [0, 0.05) is 6.42 Å². The maximum atomic E-state index is 13.3. The van der Waals surface area contributed by atoms with E-state index in [1.807, 2.05) is 0 Å². The number of carbonyl (C=O) groups is 1. The molecule has 0 bridgehead atoms.